The summed E-state index contributed by atoms with van der Waals surface area (Å²) in [5.74, 6) is 0. The van der Waals surface area contributed by atoms with Crippen LogP contribution in [-0.2, 0) is 12.8 Å². The van der Waals surface area contributed by atoms with Gasteiger partial charge in [-0.2, -0.15) is 0 Å². The van der Waals surface area contributed by atoms with E-state index in [4.69, 9.17) is 0 Å². The quantitative estimate of drug-likeness (QED) is 0.466. The van der Waals surface area contributed by atoms with Crippen LogP contribution in [0.4, 0.5) is 11.4 Å². The molecule has 2 N–H and O–H groups in total. The van der Waals surface area contributed by atoms with E-state index in [1.54, 1.807) is 12.4 Å². The Morgan fingerprint density at radius 3 is 2.46 bits per heavy atom. The Bertz CT molecular complexity index is 985. The number of rotatable bonds is 6. The minimum atomic E-state index is 1.06. The number of aromatic nitrogens is 2. The number of aryl methyl sites for hydroxylation is 3. The van der Waals surface area contributed by atoms with E-state index in [1.807, 2.05) is 12.1 Å². The summed E-state index contributed by atoms with van der Waals surface area (Å²) in [6.07, 6.45) is 9.09. The van der Waals surface area contributed by atoms with Gasteiger partial charge in [-0.1, -0.05) is 30.3 Å². The molecule has 130 valence electrons. The summed E-state index contributed by atoms with van der Waals surface area (Å²) in [5, 5.41) is 4.75. The van der Waals surface area contributed by atoms with Crippen molar-refractivity contribution in [1.82, 2.24) is 9.97 Å². The second-order valence-corrected chi connectivity index (χ2v) is 6.72. The number of hydrogen-bond donors (Lipinski definition) is 2. The van der Waals surface area contributed by atoms with Crippen LogP contribution in [0, 0.1) is 6.92 Å². The van der Waals surface area contributed by atoms with Crippen LogP contribution in [0.2, 0.25) is 0 Å². The first-order chi connectivity index (χ1) is 12.8. The Morgan fingerprint density at radius 2 is 1.65 bits per heavy atom. The summed E-state index contributed by atoms with van der Waals surface area (Å²) in [6.45, 7) is 2.16. The van der Waals surface area contributed by atoms with Gasteiger partial charge in [0.05, 0.1) is 0 Å². The Hall–Kier alpha value is -3.07. The zero-order valence-electron chi connectivity index (χ0n) is 15.0. The van der Waals surface area contributed by atoms with Gasteiger partial charge in [0.25, 0.3) is 0 Å². The minimum absolute atomic E-state index is 1.06. The Kier molecular flexibility index (Phi) is 4.69. The molecule has 2 aromatic carbocycles. The zero-order chi connectivity index (χ0) is 17.8. The van der Waals surface area contributed by atoms with Gasteiger partial charge in [0.1, 0.15) is 0 Å². The number of nitrogens with one attached hydrogen (secondary N) is 2. The van der Waals surface area contributed by atoms with E-state index in [0.29, 0.717) is 0 Å². The predicted octanol–water partition coefficient (Wildman–Crippen LogP) is 5.79. The summed E-state index contributed by atoms with van der Waals surface area (Å²) < 4.78 is 0. The first-order valence-electron chi connectivity index (χ1n) is 9.11. The van der Waals surface area contributed by atoms with Gasteiger partial charge in [-0.15, -0.1) is 0 Å². The van der Waals surface area contributed by atoms with Crippen LogP contribution in [0.15, 0.2) is 73.2 Å². The van der Waals surface area contributed by atoms with Gasteiger partial charge in [0, 0.05) is 40.9 Å². The normalized spacial score (nSPS) is 11.0. The summed E-state index contributed by atoms with van der Waals surface area (Å²) >= 11 is 0. The van der Waals surface area contributed by atoms with Crippen molar-refractivity contribution in [2.45, 2.75) is 26.2 Å². The van der Waals surface area contributed by atoms with Gasteiger partial charge in [0.2, 0.25) is 0 Å². The largest absolute Gasteiger partial charge is 0.361 e. The molecule has 0 aliphatic rings. The molecule has 4 rings (SSSR count). The van der Waals surface area contributed by atoms with Gasteiger partial charge in [0.15, 0.2) is 0 Å². The number of fused-ring (bicyclic) bond motifs is 1. The molecule has 0 bridgehead atoms. The predicted molar refractivity (Wildman–Crippen MR) is 109 cm³/mol. The fourth-order valence-corrected chi connectivity index (χ4v) is 3.41. The molecule has 0 aliphatic heterocycles. The summed E-state index contributed by atoms with van der Waals surface area (Å²) in [4.78, 5) is 7.46. The number of H-pyrrole nitrogens is 1. The van der Waals surface area contributed by atoms with Crippen molar-refractivity contribution in [3.63, 3.8) is 0 Å². The van der Waals surface area contributed by atoms with Crippen molar-refractivity contribution >= 4 is 22.3 Å². The van der Waals surface area contributed by atoms with E-state index < -0.39 is 0 Å². The van der Waals surface area contributed by atoms with E-state index in [9.17, 15) is 0 Å². The van der Waals surface area contributed by atoms with Crippen LogP contribution in [0.5, 0.6) is 0 Å². The topological polar surface area (TPSA) is 40.7 Å². The Balaban J connectivity index is 1.35. The third-order valence-electron chi connectivity index (χ3n) is 4.84. The lowest BCUT2D eigenvalue weighted by atomic mass is 10.0. The van der Waals surface area contributed by atoms with Crippen LogP contribution >= 0.6 is 0 Å². The van der Waals surface area contributed by atoms with Crippen LogP contribution in [-0.4, -0.2) is 9.97 Å². The van der Waals surface area contributed by atoms with Gasteiger partial charge < -0.3 is 10.3 Å². The number of nitrogens with zero attached hydrogens (tertiary/aromatic N) is 1. The molecule has 26 heavy (non-hydrogen) atoms. The number of anilines is 2. The molecule has 3 heteroatoms. The molecule has 2 heterocycles. The highest BCUT2D eigenvalue weighted by molar-refractivity contribution is 5.85. The molecule has 0 unspecified atom stereocenters. The standard InChI is InChI=1S/C23H23N3/c1-17-4-2-7-22-19(16-25-23(17)22)6-3-5-18-8-10-20(11-9-18)26-21-12-14-24-15-13-21/h2,4,7-16,25H,3,5-6H2,1H3,(H,24,26). The highest BCUT2D eigenvalue weighted by Crippen LogP contribution is 2.23. The van der Waals surface area contributed by atoms with E-state index in [0.717, 1.165) is 30.6 Å². The molecule has 0 atom stereocenters. The molecule has 0 aliphatic carbocycles. The number of aromatic amines is 1. The van der Waals surface area contributed by atoms with Crippen molar-refractivity contribution in [2.75, 3.05) is 5.32 Å². The van der Waals surface area contributed by atoms with Crippen molar-refractivity contribution in [3.8, 4) is 0 Å². The Labute approximate surface area is 154 Å². The third-order valence-corrected chi connectivity index (χ3v) is 4.84. The zero-order valence-corrected chi connectivity index (χ0v) is 15.0. The lowest BCUT2D eigenvalue weighted by Crippen LogP contribution is -1.92. The monoisotopic (exact) mass is 341 g/mol. The maximum Gasteiger partial charge on any atom is 0.0486 e. The highest BCUT2D eigenvalue weighted by Gasteiger charge is 2.05. The average molecular weight is 341 g/mol. The maximum absolute atomic E-state index is 4.04. The Morgan fingerprint density at radius 1 is 0.885 bits per heavy atom. The second-order valence-electron chi connectivity index (χ2n) is 6.72. The van der Waals surface area contributed by atoms with Gasteiger partial charge >= 0.3 is 0 Å². The second kappa shape index (κ2) is 7.44. The number of para-hydroxylation sites is 1. The molecule has 3 nitrogen and oxygen atoms in total. The molecular weight excluding hydrogens is 318 g/mol. The average Bonchev–Trinajstić information content (AvgIpc) is 3.09. The molecule has 2 aromatic heterocycles. The van der Waals surface area contributed by atoms with E-state index >= 15 is 0 Å². The SMILES string of the molecule is Cc1cccc2c(CCCc3ccc(Nc4ccncc4)cc3)c[nH]c12. The molecule has 0 saturated carbocycles. The number of benzene rings is 2. The lowest BCUT2D eigenvalue weighted by Gasteiger charge is -2.07. The van der Waals surface area contributed by atoms with Crippen LogP contribution < -0.4 is 5.32 Å². The first-order valence-corrected chi connectivity index (χ1v) is 9.11. The fourth-order valence-electron chi connectivity index (χ4n) is 3.41. The maximum atomic E-state index is 4.04. The van der Waals surface area contributed by atoms with Crippen molar-refractivity contribution in [3.05, 3.63) is 89.9 Å². The van der Waals surface area contributed by atoms with Crippen LogP contribution in [0.1, 0.15) is 23.1 Å². The minimum Gasteiger partial charge on any atom is -0.361 e. The van der Waals surface area contributed by atoms with Gasteiger partial charge in [-0.3, -0.25) is 4.98 Å². The highest BCUT2D eigenvalue weighted by atomic mass is 14.9. The fraction of sp³-hybridized carbons (Fsp3) is 0.174. The first kappa shape index (κ1) is 16.4. The van der Waals surface area contributed by atoms with Gasteiger partial charge in [-0.25, -0.2) is 0 Å². The van der Waals surface area contributed by atoms with Gasteiger partial charge in [-0.05, 0) is 67.1 Å². The summed E-state index contributed by atoms with van der Waals surface area (Å²) in [6, 6.07) is 19.2. The van der Waals surface area contributed by atoms with E-state index in [1.165, 1.54) is 27.6 Å². The van der Waals surface area contributed by atoms with Crippen molar-refractivity contribution < 1.29 is 0 Å². The van der Waals surface area contributed by atoms with E-state index in [2.05, 4.69) is 70.9 Å². The van der Waals surface area contributed by atoms with Crippen LogP contribution in [0.3, 0.4) is 0 Å². The molecule has 0 radical (unpaired) electrons. The lowest BCUT2D eigenvalue weighted by molar-refractivity contribution is 0.825. The van der Waals surface area contributed by atoms with E-state index in [-0.39, 0.29) is 0 Å². The summed E-state index contributed by atoms with van der Waals surface area (Å²) in [7, 11) is 0. The van der Waals surface area contributed by atoms with Crippen molar-refractivity contribution in [2.24, 2.45) is 0 Å². The number of pyridine rings is 1. The molecule has 4 aromatic rings. The van der Waals surface area contributed by atoms with Crippen molar-refractivity contribution in [1.29, 1.82) is 0 Å². The molecule has 0 fully saturated rings. The molecule has 0 amide bonds. The van der Waals surface area contributed by atoms with Crippen LogP contribution in [0.25, 0.3) is 10.9 Å². The third kappa shape index (κ3) is 3.62. The number of hydrogen-bond acceptors (Lipinski definition) is 2. The summed E-state index contributed by atoms with van der Waals surface area (Å²) in [5.41, 5.74) is 7.54. The molecular formula is C23H23N3. The smallest absolute Gasteiger partial charge is 0.0486 e. The molecule has 0 spiro atoms. The molecule has 0 saturated heterocycles.